The lowest BCUT2D eigenvalue weighted by molar-refractivity contribution is 0.601. The average Bonchev–Trinajstić information content (AvgIpc) is 2.98. The molecule has 1 heterocycles. The molecule has 0 amide bonds. The molecule has 0 aliphatic rings. The Kier molecular flexibility index (Phi) is 5.03. The highest BCUT2D eigenvalue weighted by molar-refractivity contribution is 9.10. The Labute approximate surface area is 158 Å². The Morgan fingerprint density at radius 1 is 1.24 bits per heavy atom. The Morgan fingerprint density at radius 3 is 2.68 bits per heavy atom. The van der Waals surface area contributed by atoms with Crippen molar-refractivity contribution in [3.05, 3.63) is 69.9 Å². The zero-order chi connectivity index (χ0) is 18.0. The molecule has 0 fully saturated rings. The van der Waals surface area contributed by atoms with Crippen LogP contribution in [0.4, 0.5) is 11.4 Å². The molecule has 0 atom stereocenters. The fourth-order valence-electron chi connectivity index (χ4n) is 2.26. The number of aromatic nitrogens is 2. The first-order valence-corrected chi connectivity index (χ1v) is 9.84. The molecule has 6 nitrogen and oxygen atoms in total. The van der Waals surface area contributed by atoms with Crippen LogP contribution >= 0.6 is 27.5 Å². The summed E-state index contributed by atoms with van der Waals surface area (Å²) in [4.78, 5) is -0.0340. The van der Waals surface area contributed by atoms with E-state index in [9.17, 15) is 8.42 Å². The summed E-state index contributed by atoms with van der Waals surface area (Å²) in [6.45, 7) is 0.538. The SMILES string of the molecule is Nc1cc(Cl)cc(S(=O)(=O)Nc2cnn(Cc3ccccc3)c2)c1Br. The molecule has 9 heteroatoms. The van der Waals surface area contributed by atoms with Crippen LogP contribution in [0.15, 0.2) is 64.2 Å². The van der Waals surface area contributed by atoms with Crippen LogP contribution in [0.25, 0.3) is 0 Å². The van der Waals surface area contributed by atoms with Gasteiger partial charge in [0, 0.05) is 16.9 Å². The van der Waals surface area contributed by atoms with Crippen molar-refractivity contribution in [2.45, 2.75) is 11.4 Å². The van der Waals surface area contributed by atoms with E-state index in [-0.39, 0.29) is 20.1 Å². The fourth-order valence-corrected chi connectivity index (χ4v) is 4.58. The second-order valence-corrected chi connectivity index (χ2v) is 8.21. The van der Waals surface area contributed by atoms with Gasteiger partial charge in [-0.25, -0.2) is 8.42 Å². The lowest BCUT2D eigenvalue weighted by Gasteiger charge is -2.10. The maximum absolute atomic E-state index is 12.6. The van der Waals surface area contributed by atoms with E-state index in [2.05, 4.69) is 25.8 Å². The quantitative estimate of drug-likeness (QED) is 0.590. The molecule has 130 valence electrons. The predicted octanol–water partition coefficient (Wildman–Crippen LogP) is 3.73. The third-order valence-electron chi connectivity index (χ3n) is 3.39. The highest BCUT2D eigenvalue weighted by atomic mass is 79.9. The monoisotopic (exact) mass is 440 g/mol. The second kappa shape index (κ2) is 7.07. The maximum Gasteiger partial charge on any atom is 0.263 e. The third-order valence-corrected chi connectivity index (χ3v) is 6.17. The number of nitrogens with zero attached hydrogens (tertiary/aromatic N) is 2. The number of nitrogens with one attached hydrogen (secondary N) is 1. The van der Waals surface area contributed by atoms with Crippen molar-refractivity contribution in [1.29, 1.82) is 0 Å². The Bertz CT molecular complexity index is 1010. The summed E-state index contributed by atoms with van der Waals surface area (Å²) < 4.78 is 29.6. The molecule has 3 rings (SSSR count). The molecular formula is C16H14BrClN4O2S. The molecular weight excluding hydrogens is 428 g/mol. The highest BCUT2D eigenvalue weighted by Crippen LogP contribution is 2.32. The summed E-state index contributed by atoms with van der Waals surface area (Å²) in [5.74, 6) is 0. The Balaban J connectivity index is 1.83. The number of hydrogen-bond donors (Lipinski definition) is 2. The van der Waals surface area contributed by atoms with E-state index < -0.39 is 10.0 Å². The van der Waals surface area contributed by atoms with Gasteiger partial charge in [0.1, 0.15) is 4.90 Å². The minimum atomic E-state index is -3.86. The van der Waals surface area contributed by atoms with Crippen LogP contribution < -0.4 is 10.5 Å². The van der Waals surface area contributed by atoms with Crippen molar-refractivity contribution in [2.75, 3.05) is 10.5 Å². The molecule has 0 aliphatic heterocycles. The number of sulfonamides is 1. The zero-order valence-corrected chi connectivity index (χ0v) is 16.0. The van der Waals surface area contributed by atoms with Crippen molar-refractivity contribution in [3.63, 3.8) is 0 Å². The Morgan fingerprint density at radius 2 is 1.96 bits per heavy atom. The third kappa shape index (κ3) is 4.15. The Hall–Kier alpha value is -2.03. The van der Waals surface area contributed by atoms with Gasteiger partial charge in [-0.2, -0.15) is 5.10 Å². The summed E-state index contributed by atoms with van der Waals surface area (Å²) in [6.07, 6.45) is 3.06. The molecule has 0 saturated carbocycles. The molecule has 0 bridgehead atoms. The van der Waals surface area contributed by atoms with Crippen LogP contribution in [0.1, 0.15) is 5.56 Å². The van der Waals surface area contributed by atoms with Crippen LogP contribution in [0.5, 0.6) is 0 Å². The minimum Gasteiger partial charge on any atom is -0.398 e. The summed E-state index contributed by atoms with van der Waals surface area (Å²) >= 11 is 9.11. The van der Waals surface area contributed by atoms with Crippen molar-refractivity contribution < 1.29 is 8.42 Å². The number of nitrogen functional groups attached to an aromatic ring is 1. The molecule has 3 N–H and O–H groups in total. The van der Waals surface area contributed by atoms with Crippen LogP contribution in [0.3, 0.4) is 0 Å². The van der Waals surface area contributed by atoms with E-state index in [4.69, 9.17) is 17.3 Å². The highest BCUT2D eigenvalue weighted by Gasteiger charge is 2.21. The van der Waals surface area contributed by atoms with Crippen LogP contribution in [0.2, 0.25) is 5.02 Å². The van der Waals surface area contributed by atoms with Crippen molar-refractivity contribution in [1.82, 2.24) is 9.78 Å². The molecule has 0 saturated heterocycles. The number of hydrogen-bond acceptors (Lipinski definition) is 4. The predicted molar refractivity (Wildman–Crippen MR) is 102 cm³/mol. The van der Waals surface area contributed by atoms with E-state index in [1.54, 1.807) is 10.9 Å². The van der Waals surface area contributed by atoms with Gasteiger partial charge < -0.3 is 5.73 Å². The fraction of sp³-hybridized carbons (Fsp3) is 0.0625. The second-order valence-electron chi connectivity index (χ2n) is 5.32. The van der Waals surface area contributed by atoms with Crippen LogP contribution in [0, 0.1) is 0 Å². The number of rotatable bonds is 5. The van der Waals surface area contributed by atoms with Gasteiger partial charge in [-0.3, -0.25) is 9.40 Å². The van der Waals surface area contributed by atoms with Gasteiger partial charge in [0.25, 0.3) is 10.0 Å². The van der Waals surface area contributed by atoms with Crippen LogP contribution in [-0.2, 0) is 16.6 Å². The molecule has 25 heavy (non-hydrogen) atoms. The topological polar surface area (TPSA) is 90.0 Å². The van der Waals surface area contributed by atoms with Crippen LogP contribution in [-0.4, -0.2) is 18.2 Å². The zero-order valence-electron chi connectivity index (χ0n) is 12.9. The average molecular weight is 442 g/mol. The lowest BCUT2D eigenvalue weighted by Crippen LogP contribution is -2.14. The first-order chi connectivity index (χ1) is 11.8. The minimum absolute atomic E-state index is 0.0340. The molecule has 0 spiro atoms. The number of nitrogens with two attached hydrogens (primary N) is 1. The summed E-state index contributed by atoms with van der Waals surface area (Å²) in [5.41, 5.74) is 7.41. The maximum atomic E-state index is 12.6. The molecule has 0 radical (unpaired) electrons. The van der Waals surface area contributed by atoms with E-state index >= 15 is 0 Å². The van der Waals surface area contributed by atoms with Gasteiger partial charge in [-0.1, -0.05) is 41.9 Å². The number of benzene rings is 2. The van der Waals surface area contributed by atoms with Gasteiger partial charge in [0.05, 0.1) is 22.9 Å². The van der Waals surface area contributed by atoms with Gasteiger partial charge >= 0.3 is 0 Å². The van der Waals surface area contributed by atoms with Gasteiger partial charge in [0.15, 0.2) is 0 Å². The van der Waals surface area contributed by atoms with E-state index in [0.717, 1.165) is 5.56 Å². The first-order valence-electron chi connectivity index (χ1n) is 7.19. The molecule has 3 aromatic rings. The summed E-state index contributed by atoms with van der Waals surface area (Å²) in [6, 6.07) is 12.5. The molecule has 0 aliphatic carbocycles. The summed E-state index contributed by atoms with van der Waals surface area (Å²) in [7, 11) is -3.86. The standard InChI is InChI=1S/C16H14BrClN4O2S/c17-16-14(19)6-12(18)7-15(16)25(23,24)21-13-8-20-22(10-13)9-11-4-2-1-3-5-11/h1-8,10,21H,9,19H2. The van der Waals surface area contributed by atoms with E-state index in [1.165, 1.54) is 18.3 Å². The molecule has 0 unspecified atom stereocenters. The lowest BCUT2D eigenvalue weighted by atomic mass is 10.2. The first kappa shape index (κ1) is 17.8. The van der Waals surface area contributed by atoms with E-state index in [0.29, 0.717) is 12.2 Å². The number of anilines is 2. The van der Waals surface area contributed by atoms with Gasteiger partial charge in [0.2, 0.25) is 0 Å². The van der Waals surface area contributed by atoms with Gasteiger partial charge in [-0.05, 0) is 33.6 Å². The normalized spacial score (nSPS) is 11.4. The summed E-state index contributed by atoms with van der Waals surface area (Å²) in [5, 5.41) is 4.41. The largest absolute Gasteiger partial charge is 0.398 e. The van der Waals surface area contributed by atoms with Crippen molar-refractivity contribution in [2.24, 2.45) is 0 Å². The molecule has 2 aromatic carbocycles. The number of halogens is 2. The van der Waals surface area contributed by atoms with Gasteiger partial charge in [-0.15, -0.1) is 0 Å². The van der Waals surface area contributed by atoms with E-state index in [1.807, 2.05) is 30.3 Å². The van der Waals surface area contributed by atoms with Crippen molar-refractivity contribution >= 4 is 48.9 Å². The molecule has 1 aromatic heterocycles. The smallest absolute Gasteiger partial charge is 0.263 e. The van der Waals surface area contributed by atoms with Crippen molar-refractivity contribution in [3.8, 4) is 0 Å².